The summed E-state index contributed by atoms with van der Waals surface area (Å²) in [6.45, 7) is 3.97. The standard InChI is InChI=1S/C11H15ClO2/c1-8(2)14-11-6-10(13-3)5-4-9(11)7-12/h4-6,8H,7H2,1-3H3. The van der Waals surface area contributed by atoms with Crippen LogP contribution in [0.5, 0.6) is 11.5 Å². The van der Waals surface area contributed by atoms with E-state index in [0.717, 1.165) is 17.1 Å². The van der Waals surface area contributed by atoms with Crippen molar-refractivity contribution in [3.63, 3.8) is 0 Å². The average molecular weight is 215 g/mol. The summed E-state index contributed by atoms with van der Waals surface area (Å²) in [5.74, 6) is 2.04. The number of methoxy groups -OCH3 is 1. The molecule has 0 aliphatic rings. The van der Waals surface area contributed by atoms with Crippen molar-refractivity contribution in [2.45, 2.75) is 25.8 Å². The first kappa shape index (κ1) is 11.2. The first-order chi connectivity index (χ1) is 6.67. The summed E-state index contributed by atoms with van der Waals surface area (Å²) in [5.41, 5.74) is 0.987. The molecule has 0 amide bonds. The van der Waals surface area contributed by atoms with Crippen LogP contribution in [0.4, 0.5) is 0 Å². The number of hydrogen-bond donors (Lipinski definition) is 0. The second-order valence-corrected chi connectivity index (χ2v) is 3.54. The minimum atomic E-state index is 0.143. The molecule has 0 aromatic heterocycles. The Labute approximate surface area is 89.8 Å². The third-order valence-corrected chi connectivity index (χ3v) is 2.07. The monoisotopic (exact) mass is 214 g/mol. The van der Waals surface area contributed by atoms with Crippen molar-refractivity contribution in [3.05, 3.63) is 23.8 Å². The number of halogens is 1. The van der Waals surface area contributed by atoms with Crippen LogP contribution in [0.2, 0.25) is 0 Å². The van der Waals surface area contributed by atoms with Crippen molar-refractivity contribution in [3.8, 4) is 11.5 Å². The fourth-order valence-electron chi connectivity index (χ4n) is 1.14. The third kappa shape index (κ3) is 2.81. The van der Waals surface area contributed by atoms with Crippen molar-refractivity contribution in [2.75, 3.05) is 7.11 Å². The Morgan fingerprint density at radius 1 is 1.36 bits per heavy atom. The van der Waals surface area contributed by atoms with E-state index in [-0.39, 0.29) is 6.10 Å². The van der Waals surface area contributed by atoms with E-state index in [1.807, 2.05) is 32.0 Å². The van der Waals surface area contributed by atoms with E-state index in [4.69, 9.17) is 21.1 Å². The zero-order valence-electron chi connectivity index (χ0n) is 8.71. The van der Waals surface area contributed by atoms with Crippen LogP contribution in [0.25, 0.3) is 0 Å². The number of rotatable bonds is 4. The van der Waals surface area contributed by atoms with Gasteiger partial charge in [0, 0.05) is 11.6 Å². The Morgan fingerprint density at radius 3 is 2.57 bits per heavy atom. The van der Waals surface area contributed by atoms with Gasteiger partial charge in [-0.3, -0.25) is 0 Å². The summed E-state index contributed by atoms with van der Waals surface area (Å²) in [7, 11) is 1.63. The highest BCUT2D eigenvalue weighted by molar-refractivity contribution is 6.17. The highest BCUT2D eigenvalue weighted by atomic mass is 35.5. The number of ether oxygens (including phenoxy) is 2. The Bertz CT molecular complexity index is 297. The lowest BCUT2D eigenvalue weighted by Gasteiger charge is -2.14. The van der Waals surface area contributed by atoms with Crippen molar-refractivity contribution in [1.82, 2.24) is 0 Å². The summed E-state index contributed by atoms with van der Waals surface area (Å²) in [5, 5.41) is 0. The van der Waals surface area contributed by atoms with Crippen LogP contribution in [0.3, 0.4) is 0 Å². The van der Waals surface area contributed by atoms with Gasteiger partial charge in [-0.15, -0.1) is 11.6 Å². The third-order valence-electron chi connectivity index (χ3n) is 1.78. The van der Waals surface area contributed by atoms with Gasteiger partial charge in [0.25, 0.3) is 0 Å². The highest BCUT2D eigenvalue weighted by Crippen LogP contribution is 2.26. The summed E-state index contributed by atoms with van der Waals surface area (Å²) < 4.78 is 10.7. The van der Waals surface area contributed by atoms with Gasteiger partial charge in [0.15, 0.2) is 0 Å². The molecule has 14 heavy (non-hydrogen) atoms. The smallest absolute Gasteiger partial charge is 0.127 e. The van der Waals surface area contributed by atoms with Crippen molar-refractivity contribution in [2.24, 2.45) is 0 Å². The maximum Gasteiger partial charge on any atom is 0.127 e. The molecule has 1 aromatic rings. The first-order valence-corrected chi connectivity index (χ1v) is 5.10. The quantitative estimate of drug-likeness (QED) is 0.717. The largest absolute Gasteiger partial charge is 0.497 e. The Hall–Kier alpha value is -0.890. The maximum absolute atomic E-state index is 5.79. The van der Waals surface area contributed by atoms with E-state index < -0.39 is 0 Å². The molecular formula is C11H15ClO2. The fourth-order valence-corrected chi connectivity index (χ4v) is 1.36. The van der Waals surface area contributed by atoms with Gasteiger partial charge in [-0.05, 0) is 19.9 Å². The summed E-state index contributed by atoms with van der Waals surface area (Å²) in [4.78, 5) is 0. The SMILES string of the molecule is COc1ccc(CCl)c(OC(C)C)c1. The molecule has 1 rings (SSSR count). The van der Waals surface area contributed by atoms with Gasteiger partial charge in [0.05, 0.1) is 19.1 Å². The predicted molar refractivity (Wildman–Crippen MR) is 58.3 cm³/mol. The maximum atomic E-state index is 5.79. The molecule has 0 unspecified atom stereocenters. The van der Waals surface area contributed by atoms with Gasteiger partial charge in [0.1, 0.15) is 11.5 Å². The molecule has 0 aliphatic carbocycles. The predicted octanol–water partition coefficient (Wildman–Crippen LogP) is 3.22. The molecule has 0 aliphatic heterocycles. The molecule has 3 heteroatoms. The van der Waals surface area contributed by atoms with Crippen LogP contribution in [0, 0.1) is 0 Å². The molecule has 0 saturated heterocycles. The molecule has 0 bridgehead atoms. The fraction of sp³-hybridized carbons (Fsp3) is 0.455. The van der Waals surface area contributed by atoms with Crippen LogP contribution < -0.4 is 9.47 Å². The average Bonchev–Trinajstić information content (AvgIpc) is 2.16. The van der Waals surface area contributed by atoms with E-state index >= 15 is 0 Å². The Morgan fingerprint density at radius 2 is 2.07 bits per heavy atom. The van der Waals surface area contributed by atoms with E-state index in [1.165, 1.54) is 0 Å². The summed E-state index contributed by atoms with van der Waals surface area (Å²) in [6, 6.07) is 5.66. The van der Waals surface area contributed by atoms with Crippen molar-refractivity contribution < 1.29 is 9.47 Å². The molecule has 0 N–H and O–H groups in total. The summed E-state index contributed by atoms with van der Waals surface area (Å²) in [6.07, 6.45) is 0.143. The summed E-state index contributed by atoms with van der Waals surface area (Å²) >= 11 is 5.79. The van der Waals surface area contributed by atoms with Crippen molar-refractivity contribution >= 4 is 11.6 Å². The molecule has 2 nitrogen and oxygen atoms in total. The van der Waals surface area contributed by atoms with Gasteiger partial charge in [-0.2, -0.15) is 0 Å². The first-order valence-electron chi connectivity index (χ1n) is 4.57. The van der Waals surface area contributed by atoms with Crippen LogP contribution in [-0.4, -0.2) is 13.2 Å². The van der Waals surface area contributed by atoms with Crippen LogP contribution in [-0.2, 0) is 5.88 Å². The lowest BCUT2D eigenvalue weighted by atomic mass is 10.2. The van der Waals surface area contributed by atoms with E-state index in [2.05, 4.69) is 0 Å². The molecule has 0 fully saturated rings. The lowest BCUT2D eigenvalue weighted by molar-refractivity contribution is 0.239. The Balaban J connectivity index is 2.96. The van der Waals surface area contributed by atoms with Gasteiger partial charge < -0.3 is 9.47 Å². The number of benzene rings is 1. The minimum Gasteiger partial charge on any atom is -0.497 e. The number of hydrogen-bond acceptors (Lipinski definition) is 2. The van der Waals surface area contributed by atoms with Gasteiger partial charge in [-0.25, -0.2) is 0 Å². The van der Waals surface area contributed by atoms with Crippen LogP contribution in [0.1, 0.15) is 19.4 Å². The Kier molecular flexibility index (Phi) is 4.08. The zero-order valence-corrected chi connectivity index (χ0v) is 9.47. The van der Waals surface area contributed by atoms with E-state index in [0.29, 0.717) is 5.88 Å². The van der Waals surface area contributed by atoms with Crippen LogP contribution in [0.15, 0.2) is 18.2 Å². The van der Waals surface area contributed by atoms with Gasteiger partial charge >= 0.3 is 0 Å². The zero-order chi connectivity index (χ0) is 10.6. The van der Waals surface area contributed by atoms with E-state index in [1.54, 1.807) is 7.11 Å². The van der Waals surface area contributed by atoms with Gasteiger partial charge in [0.2, 0.25) is 0 Å². The minimum absolute atomic E-state index is 0.143. The number of alkyl halides is 1. The molecule has 0 spiro atoms. The molecule has 78 valence electrons. The van der Waals surface area contributed by atoms with E-state index in [9.17, 15) is 0 Å². The molecular weight excluding hydrogens is 200 g/mol. The van der Waals surface area contributed by atoms with Gasteiger partial charge in [-0.1, -0.05) is 6.07 Å². The highest BCUT2D eigenvalue weighted by Gasteiger charge is 2.06. The second kappa shape index (κ2) is 5.11. The topological polar surface area (TPSA) is 18.5 Å². The van der Waals surface area contributed by atoms with Crippen LogP contribution >= 0.6 is 11.6 Å². The normalized spacial score (nSPS) is 10.4. The molecule has 1 aromatic carbocycles. The molecule has 0 radical (unpaired) electrons. The lowest BCUT2D eigenvalue weighted by Crippen LogP contribution is -2.07. The molecule has 0 saturated carbocycles. The molecule has 0 atom stereocenters. The molecule has 0 heterocycles. The van der Waals surface area contributed by atoms with Crippen molar-refractivity contribution in [1.29, 1.82) is 0 Å². The second-order valence-electron chi connectivity index (χ2n) is 3.27.